The van der Waals surface area contributed by atoms with E-state index >= 15 is 0 Å². The van der Waals surface area contributed by atoms with E-state index in [1.807, 2.05) is 11.8 Å². The van der Waals surface area contributed by atoms with Crippen LogP contribution in [0.3, 0.4) is 0 Å². The maximum atomic E-state index is 11.7. The van der Waals surface area contributed by atoms with E-state index in [9.17, 15) is 4.79 Å². The number of thiol groups is 1. The molecule has 0 radical (unpaired) electrons. The summed E-state index contributed by atoms with van der Waals surface area (Å²) >= 11 is 6.34. The summed E-state index contributed by atoms with van der Waals surface area (Å²) in [5.74, 6) is 3.53. The molecule has 1 N–H and O–H groups in total. The van der Waals surface area contributed by atoms with Crippen LogP contribution in [-0.2, 0) is 4.79 Å². The molecule has 0 aromatic heterocycles. The SMILES string of the molecule is O=C(CC1(CS)CC1)NCCN1CCSCC1. The van der Waals surface area contributed by atoms with Crippen molar-refractivity contribution in [3.05, 3.63) is 0 Å². The number of nitrogens with zero attached hydrogens (tertiary/aromatic N) is 1. The van der Waals surface area contributed by atoms with Crippen molar-refractivity contribution in [2.24, 2.45) is 5.41 Å². The molecule has 0 bridgehead atoms. The molecule has 2 fully saturated rings. The second-order valence-corrected chi connectivity index (χ2v) is 6.68. The predicted molar refractivity (Wildman–Crippen MR) is 76.9 cm³/mol. The molecule has 5 heteroatoms. The molecule has 0 spiro atoms. The minimum absolute atomic E-state index is 0.211. The first-order valence-corrected chi connectivity index (χ1v) is 8.20. The van der Waals surface area contributed by atoms with Gasteiger partial charge in [0, 0.05) is 44.1 Å². The lowest BCUT2D eigenvalue weighted by molar-refractivity contribution is -0.122. The van der Waals surface area contributed by atoms with Crippen molar-refractivity contribution in [3.8, 4) is 0 Å². The second-order valence-electron chi connectivity index (χ2n) is 5.14. The van der Waals surface area contributed by atoms with E-state index in [0.29, 0.717) is 6.42 Å². The van der Waals surface area contributed by atoms with Crippen LogP contribution in [0.25, 0.3) is 0 Å². The molecule has 17 heavy (non-hydrogen) atoms. The van der Waals surface area contributed by atoms with Crippen LogP contribution >= 0.6 is 24.4 Å². The summed E-state index contributed by atoms with van der Waals surface area (Å²) in [6.07, 6.45) is 3.02. The average molecular weight is 274 g/mol. The van der Waals surface area contributed by atoms with Crippen LogP contribution in [0.5, 0.6) is 0 Å². The number of hydrogen-bond acceptors (Lipinski definition) is 4. The van der Waals surface area contributed by atoms with Gasteiger partial charge in [-0.15, -0.1) is 0 Å². The Morgan fingerprint density at radius 2 is 2.06 bits per heavy atom. The van der Waals surface area contributed by atoms with Crippen molar-refractivity contribution in [1.82, 2.24) is 10.2 Å². The van der Waals surface area contributed by atoms with Gasteiger partial charge in [0.05, 0.1) is 0 Å². The molecular formula is C12H22N2OS2. The van der Waals surface area contributed by atoms with Crippen LogP contribution in [0.15, 0.2) is 0 Å². The third-order valence-corrected chi connectivity index (χ3v) is 5.30. The Morgan fingerprint density at radius 1 is 1.35 bits per heavy atom. The van der Waals surface area contributed by atoms with E-state index in [1.54, 1.807) is 0 Å². The molecule has 1 amide bonds. The predicted octanol–water partition coefficient (Wildman–Crippen LogP) is 1.25. The molecule has 98 valence electrons. The van der Waals surface area contributed by atoms with E-state index in [4.69, 9.17) is 0 Å². The Labute approximate surface area is 113 Å². The lowest BCUT2D eigenvalue weighted by Gasteiger charge is -2.26. The Kier molecular flexibility index (Phi) is 5.06. The average Bonchev–Trinajstić information content (AvgIpc) is 3.11. The zero-order valence-electron chi connectivity index (χ0n) is 10.3. The van der Waals surface area contributed by atoms with Crippen molar-refractivity contribution in [3.63, 3.8) is 0 Å². The summed E-state index contributed by atoms with van der Waals surface area (Å²) in [6.45, 7) is 4.13. The largest absolute Gasteiger partial charge is 0.355 e. The second kappa shape index (κ2) is 6.34. The zero-order chi connectivity index (χ0) is 12.1. The Hall–Kier alpha value is 0.130. The zero-order valence-corrected chi connectivity index (χ0v) is 12.0. The molecule has 1 aliphatic carbocycles. The fourth-order valence-corrected chi connectivity index (χ4v) is 3.56. The van der Waals surface area contributed by atoms with Gasteiger partial charge in [-0.2, -0.15) is 24.4 Å². The highest BCUT2D eigenvalue weighted by molar-refractivity contribution is 7.99. The number of nitrogens with one attached hydrogen (secondary N) is 1. The van der Waals surface area contributed by atoms with Gasteiger partial charge in [0.15, 0.2) is 0 Å². The smallest absolute Gasteiger partial charge is 0.220 e. The van der Waals surface area contributed by atoms with E-state index in [1.165, 1.54) is 37.4 Å². The number of thioether (sulfide) groups is 1. The molecule has 0 unspecified atom stereocenters. The fourth-order valence-electron chi connectivity index (χ4n) is 2.15. The lowest BCUT2D eigenvalue weighted by Crippen LogP contribution is -2.39. The third kappa shape index (κ3) is 4.38. The summed E-state index contributed by atoms with van der Waals surface area (Å²) in [5.41, 5.74) is 0.245. The third-order valence-electron chi connectivity index (χ3n) is 3.68. The quantitative estimate of drug-likeness (QED) is 0.715. The van der Waals surface area contributed by atoms with Gasteiger partial charge in [-0.25, -0.2) is 0 Å². The molecular weight excluding hydrogens is 252 g/mol. The molecule has 0 aromatic carbocycles. The number of rotatable bonds is 6. The molecule has 1 heterocycles. The van der Waals surface area contributed by atoms with Crippen LogP contribution in [0.4, 0.5) is 0 Å². The van der Waals surface area contributed by atoms with Crippen LogP contribution in [0.1, 0.15) is 19.3 Å². The van der Waals surface area contributed by atoms with Gasteiger partial charge in [0.2, 0.25) is 5.91 Å². The molecule has 0 aromatic rings. The summed E-state index contributed by atoms with van der Waals surface area (Å²) in [4.78, 5) is 14.2. The first-order valence-electron chi connectivity index (χ1n) is 6.42. The highest BCUT2D eigenvalue weighted by atomic mass is 32.2. The van der Waals surface area contributed by atoms with E-state index in [-0.39, 0.29) is 11.3 Å². The minimum atomic E-state index is 0.211. The molecule has 1 saturated carbocycles. The first kappa shape index (κ1) is 13.6. The van der Waals surface area contributed by atoms with Gasteiger partial charge in [-0.1, -0.05) is 0 Å². The minimum Gasteiger partial charge on any atom is -0.355 e. The Morgan fingerprint density at radius 3 is 2.65 bits per heavy atom. The van der Waals surface area contributed by atoms with Gasteiger partial charge >= 0.3 is 0 Å². The molecule has 3 nitrogen and oxygen atoms in total. The molecule has 2 rings (SSSR count). The van der Waals surface area contributed by atoms with E-state index in [2.05, 4.69) is 22.8 Å². The summed E-state index contributed by atoms with van der Waals surface area (Å²) in [6, 6.07) is 0. The van der Waals surface area contributed by atoms with Crippen LogP contribution in [-0.4, -0.2) is 54.2 Å². The number of carbonyl (C=O) groups is 1. The van der Waals surface area contributed by atoms with Gasteiger partial charge in [-0.3, -0.25) is 9.69 Å². The van der Waals surface area contributed by atoms with Crippen molar-refractivity contribution in [2.75, 3.05) is 43.4 Å². The number of carbonyl (C=O) groups excluding carboxylic acids is 1. The van der Waals surface area contributed by atoms with Gasteiger partial charge in [0.1, 0.15) is 0 Å². The molecule has 2 aliphatic rings. The standard InChI is InChI=1S/C12H22N2OS2/c15-11(9-12(10-16)1-2-12)13-3-4-14-5-7-17-8-6-14/h16H,1-10H2,(H,13,15). The Balaban J connectivity index is 1.56. The normalized spacial score (nSPS) is 23.4. The summed E-state index contributed by atoms with van der Waals surface area (Å²) in [5, 5.41) is 3.04. The fraction of sp³-hybridized carbons (Fsp3) is 0.917. The van der Waals surface area contributed by atoms with Crippen molar-refractivity contribution in [1.29, 1.82) is 0 Å². The molecule has 0 atom stereocenters. The van der Waals surface area contributed by atoms with Crippen molar-refractivity contribution < 1.29 is 4.79 Å². The highest BCUT2D eigenvalue weighted by Gasteiger charge is 2.42. The van der Waals surface area contributed by atoms with Gasteiger partial charge < -0.3 is 5.32 Å². The van der Waals surface area contributed by atoms with E-state index < -0.39 is 0 Å². The molecule has 1 aliphatic heterocycles. The number of amides is 1. The maximum Gasteiger partial charge on any atom is 0.220 e. The molecule has 1 saturated heterocycles. The van der Waals surface area contributed by atoms with Gasteiger partial charge in [-0.05, 0) is 24.0 Å². The number of hydrogen-bond donors (Lipinski definition) is 2. The summed E-state index contributed by atoms with van der Waals surface area (Å²) in [7, 11) is 0. The van der Waals surface area contributed by atoms with E-state index in [0.717, 1.165) is 18.8 Å². The van der Waals surface area contributed by atoms with Crippen LogP contribution < -0.4 is 5.32 Å². The first-order chi connectivity index (χ1) is 8.24. The van der Waals surface area contributed by atoms with Gasteiger partial charge in [0.25, 0.3) is 0 Å². The Bertz CT molecular complexity index is 263. The maximum absolute atomic E-state index is 11.7. The lowest BCUT2D eigenvalue weighted by atomic mass is 10.1. The highest BCUT2D eigenvalue weighted by Crippen LogP contribution is 2.49. The topological polar surface area (TPSA) is 32.3 Å². The monoisotopic (exact) mass is 274 g/mol. The van der Waals surface area contributed by atoms with Crippen LogP contribution in [0.2, 0.25) is 0 Å². The van der Waals surface area contributed by atoms with Crippen molar-refractivity contribution in [2.45, 2.75) is 19.3 Å². The van der Waals surface area contributed by atoms with Crippen molar-refractivity contribution >= 4 is 30.3 Å². The summed E-state index contributed by atoms with van der Waals surface area (Å²) < 4.78 is 0. The van der Waals surface area contributed by atoms with Crippen LogP contribution in [0, 0.1) is 5.41 Å².